The molecule has 1 aromatic heterocycles. The molecule has 1 aromatic rings. The van der Waals surface area contributed by atoms with Gasteiger partial charge in [0.1, 0.15) is 5.82 Å². The third-order valence-electron chi connectivity index (χ3n) is 2.26. The maximum absolute atomic E-state index is 4.51. The Morgan fingerprint density at radius 2 is 2.13 bits per heavy atom. The summed E-state index contributed by atoms with van der Waals surface area (Å²) < 4.78 is 1.06. The van der Waals surface area contributed by atoms with E-state index in [1.165, 1.54) is 0 Å². The molecule has 0 aliphatic rings. The van der Waals surface area contributed by atoms with Crippen LogP contribution in [0.4, 0.5) is 5.82 Å². The van der Waals surface area contributed by atoms with Crippen LogP contribution in [0.25, 0.3) is 0 Å². The zero-order valence-corrected chi connectivity index (χ0v) is 12.5. The van der Waals surface area contributed by atoms with E-state index in [0.29, 0.717) is 4.83 Å². The lowest BCUT2D eigenvalue weighted by atomic mass is 10.3. The molecule has 0 amide bonds. The summed E-state index contributed by atoms with van der Waals surface area (Å²) in [4.78, 5) is 7.24. The predicted molar refractivity (Wildman–Crippen MR) is 73.0 cm³/mol. The van der Waals surface area contributed by atoms with E-state index in [1.54, 1.807) is 0 Å². The molecule has 1 heterocycles. The first-order valence-electron chi connectivity index (χ1n) is 4.99. The molecule has 2 nitrogen and oxygen atoms in total. The maximum atomic E-state index is 4.51. The zero-order valence-electron chi connectivity index (χ0n) is 9.30. The normalized spacial score (nSPS) is 12.6. The second-order valence-corrected chi connectivity index (χ2v) is 6.15. The summed E-state index contributed by atoms with van der Waals surface area (Å²) in [6.45, 7) is 5.18. The van der Waals surface area contributed by atoms with Crippen LogP contribution in [-0.2, 0) is 0 Å². The molecule has 1 rings (SSSR count). The molecule has 0 radical (unpaired) electrons. The van der Waals surface area contributed by atoms with E-state index in [2.05, 4.69) is 55.7 Å². The highest BCUT2D eigenvalue weighted by molar-refractivity contribution is 9.10. The summed E-state index contributed by atoms with van der Waals surface area (Å²) in [5.74, 6) is 1.03. The van der Waals surface area contributed by atoms with E-state index < -0.39 is 0 Å². The van der Waals surface area contributed by atoms with Gasteiger partial charge in [-0.25, -0.2) is 4.98 Å². The summed E-state index contributed by atoms with van der Waals surface area (Å²) >= 11 is 7.00. The van der Waals surface area contributed by atoms with E-state index in [-0.39, 0.29) is 0 Å². The van der Waals surface area contributed by atoms with Crippen LogP contribution in [0.5, 0.6) is 0 Å². The number of rotatable bonds is 4. The van der Waals surface area contributed by atoms with Crippen molar-refractivity contribution >= 4 is 37.7 Å². The van der Waals surface area contributed by atoms with Crippen LogP contribution in [-0.4, -0.2) is 23.4 Å². The van der Waals surface area contributed by atoms with Gasteiger partial charge in [0.15, 0.2) is 0 Å². The van der Waals surface area contributed by atoms with Crippen LogP contribution in [0, 0.1) is 6.92 Å². The quantitative estimate of drug-likeness (QED) is 0.779. The highest BCUT2D eigenvalue weighted by Gasteiger charge is 2.05. The number of hydrogen-bond donors (Lipinski definition) is 0. The van der Waals surface area contributed by atoms with Crippen molar-refractivity contribution < 1.29 is 0 Å². The molecule has 15 heavy (non-hydrogen) atoms. The Hall–Kier alpha value is -0.0900. The molecule has 0 fully saturated rings. The van der Waals surface area contributed by atoms with Crippen LogP contribution in [0.1, 0.15) is 19.0 Å². The Balaban J connectivity index is 2.65. The van der Waals surface area contributed by atoms with Crippen molar-refractivity contribution in [1.29, 1.82) is 0 Å². The molecule has 4 heteroatoms. The number of nitrogens with zero attached hydrogens (tertiary/aromatic N) is 2. The number of halogens is 2. The number of aryl methyl sites for hydroxylation is 1. The number of aromatic nitrogens is 1. The zero-order chi connectivity index (χ0) is 11.4. The van der Waals surface area contributed by atoms with Crippen molar-refractivity contribution in [3.05, 3.63) is 22.3 Å². The largest absolute Gasteiger partial charge is 0.360 e. The predicted octanol–water partition coefficient (Wildman–Crippen LogP) is 3.76. The molecule has 0 spiro atoms. The molecule has 0 saturated carbocycles. The summed E-state index contributed by atoms with van der Waals surface area (Å²) in [6, 6.07) is 4.09. The Morgan fingerprint density at radius 3 is 2.67 bits per heavy atom. The van der Waals surface area contributed by atoms with Crippen molar-refractivity contribution in [1.82, 2.24) is 4.98 Å². The van der Waals surface area contributed by atoms with Crippen LogP contribution in [0.15, 0.2) is 16.6 Å². The fourth-order valence-electron chi connectivity index (χ4n) is 1.23. The van der Waals surface area contributed by atoms with E-state index in [4.69, 9.17) is 0 Å². The fourth-order valence-corrected chi connectivity index (χ4v) is 1.66. The number of alkyl halides is 1. The highest BCUT2D eigenvalue weighted by Crippen LogP contribution is 2.18. The van der Waals surface area contributed by atoms with Gasteiger partial charge >= 0.3 is 0 Å². The van der Waals surface area contributed by atoms with Crippen LogP contribution >= 0.6 is 31.9 Å². The molecular formula is C11H16Br2N2. The van der Waals surface area contributed by atoms with E-state index >= 15 is 0 Å². The summed E-state index contributed by atoms with van der Waals surface area (Å²) in [5.41, 5.74) is 1.03. The minimum absolute atomic E-state index is 0.552. The molecule has 84 valence electrons. The standard InChI is InChI=1S/C11H16Br2N2/c1-8(12)6-7-15(3)11-5-4-10(13)9(2)14-11/h4-5,8H,6-7H2,1-3H3. The average molecular weight is 336 g/mol. The first kappa shape index (κ1) is 13.0. The minimum atomic E-state index is 0.552. The van der Waals surface area contributed by atoms with E-state index in [9.17, 15) is 0 Å². The van der Waals surface area contributed by atoms with E-state index in [1.807, 2.05) is 19.1 Å². The molecule has 0 bridgehead atoms. The van der Waals surface area contributed by atoms with Crippen LogP contribution < -0.4 is 4.90 Å². The van der Waals surface area contributed by atoms with Gasteiger partial charge in [-0.15, -0.1) is 0 Å². The molecule has 1 unspecified atom stereocenters. The van der Waals surface area contributed by atoms with Crippen molar-refractivity contribution in [3.8, 4) is 0 Å². The monoisotopic (exact) mass is 334 g/mol. The summed E-state index contributed by atoms with van der Waals surface area (Å²) in [6.07, 6.45) is 1.12. The first-order chi connectivity index (χ1) is 7.00. The smallest absolute Gasteiger partial charge is 0.128 e. The SMILES string of the molecule is Cc1nc(N(C)CCC(C)Br)ccc1Br. The molecule has 0 N–H and O–H groups in total. The van der Waals surface area contributed by atoms with Gasteiger partial charge in [-0.1, -0.05) is 22.9 Å². The third-order valence-corrected chi connectivity index (χ3v) is 3.56. The second kappa shape index (κ2) is 5.85. The molecule has 0 aliphatic heterocycles. The van der Waals surface area contributed by atoms with Gasteiger partial charge in [0, 0.05) is 22.9 Å². The average Bonchev–Trinajstić information content (AvgIpc) is 2.18. The molecule has 0 saturated heterocycles. The number of anilines is 1. The summed E-state index contributed by atoms with van der Waals surface area (Å²) in [7, 11) is 2.07. The van der Waals surface area contributed by atoms with Gasteiger partial charge in [0.05, 0.1) is 5.69 Å². The Labute approximate surface area is 108 Å². The maximum Gasteiger partial charge on any atom is 0.128 e. The molecule has 0 aliphatic carbocycles. The van der Waals surface area contributed by atoms with Crippen LogP contribution in [0.3, 0.4) is 0 Å². The van der Waals surface area contributed by atoms with Crippen molar-refractivity contribution in [2.75, 3.05) is 18.5 Å². The fraction of sp³-hybridized carbons (Fsp3) is 0.545. The van der Waals surface area contributed by atoms with Crippen molar-refractivity contribution in [2.45, 2.75) is 25.1 Å². The molecule has 1 atom stereocenters. The van der Waals surface area contributed by atoms with Gasteiger partial charge in [-0.05, 0) is 41.4 Å². The Morgan fingerprint density at radius 1 is 1.47 bits per heavy atom. The summed E-state index contributed by atoms with van der Waals surface area (Å²) in [5, 5.41) is 0. The minimum Gasteiger partial charge on any atom is -0.360 e. The lowest BCUT2D eigenvalue weighted by molar-refractivity contribution is 0.777. The Bertz CT molecular complexity index is 326. The molecular weight excluding hydrogens is 320 g/mol. The second-order valence-electron chi connectivity index (χ2n) is 3.73. The number of hydrogen-bond acceptors (Lipinski definition) is 2. The third kappa shape index (κ3) is 4.11. The van der Waals surface area contributed by atoms with E-state index in [0.717, 1.165) is 29.0 Å². The lowest BCUT2D eigenvalue weighted by Crippen LogP contribution is -2.21. The van der Waals surface area contributed by atoms with Crippen molar-refractivity contribution in [2.24, 2.45) is 0 Å². The topological polar surface area (TPSA) is 16.1 Å². The highest BCUT2D eigenvalue weighted by atomic mass is 79.9. The van der Waals surface area contributed by atoms with Crippen molar-refractivity contribution in [3.63, 3.8) is 0 Å². The van der Waals surface area contributed by atoms with Gasteiger partial charge < -0.3 is 4.90 Å². The van der Waals surface area contributed by atoms with Gasteiger partial charge in [0.25, 0.3) is 0 Å². The Kier molecular flexibility index (Phi) is 5.06. The van der Waals surface area contributed by atoms with Gasteiger partial charge in [0.2, 0.25) is 0 Å². The lowest BCUT2D eigenvalue weighted by Gasteiger charge is -2.19. The van der Waals surface area contributed by atoms with Gasteiger partial charge in [-0.3, -0.25) is 0 Å². The molecule has 0 aromatic carbocycles. The van der Waals surface area contributed by atoms with Gasteiger partial charge in [-0.2, -0.15) is 0 Å². The number of pyridine rings is 1. The van der Waals surface area contributed by atoms with Crippen LogP contribution in [0.2, 0.25) is 0 Å². The first-order valence-corrected chi connectivity index (χ1v) is 6.70.